The summed E-state index contributed by atoms with van der Waals surface area (Å²) in [7, 11) is 0. The molecule has 1 amide bonds. The zero-order chi connectivity index (χ0) is 15.3. The minimum absolute atomic E-state index is 0.0475. The van der Waals surface area contributed by atoms with E-state index in [-0.39, 0.29) is 22.6 Å². The number of thioether (sulfide) groups is 1. The Labute approximate surface area is 123 Å². The number of aromatic nitrogens is 1. The number of carbonyl (C=O) groups is 1. The van der Waals surface area contributed by atoms with E-state index >= 15 is 0 Å². The first kappa shape index (κ1) is 15.4. The highest BCUT2D eigenvalue weighted by atomic mass is 32.2. The highest BCUT2D eigenvalue weighted by molar-refractivity contribution is 8.00. The molecule has 1 heterocycles. The number of halogens is 3. The van der Waals surface area contributed by atoms with E-state index in [0.717, 1.165) is 5.56 Å². The number of hydrogen-bond donors (Lipinski definition) is 1. The van der Waals surface area contributed by atoms with E-state index in [9.17, 15) is 18.0 Å². The molecule has 0 aliphatic rings. The minimum atomic E-state index is -4.33. The second kappa shape index (κ2) is 6.62. The normalized spacial score (nSPS) is 11.2. The number of alkyl halides is 3. The molecule has 1 N–H and O–H groups in total. The van der Waals surface area contributed by atoms with Crippen molar-refractivity contribution in [2.45, 2.75) is 16.9 Å². The predicted octanol–water partition coefficient (Wildman–Crippen LogP) is 3.62. The molecule has 2 aromatic rings. The molecule has 2 rings (SSSR count). The van der Waals surface area contributed by atoms with Gasteiger partial charge in [-0.25, -0.2) is 0 Å². The van der Waals surface area contributed by atoms with Gasteiger partial charge in [-0.3, -0.25) is 9.78 Å². The van der Waals surface area contributed by atoms with Crippen LogP contribution in [0.1, 0.15) is 15.9 Å². The second-order valence-corrected chi connectivity index (χ2v) is 5.25. The zero-order valence-corrected chi connectivity index (χ0v) is 11.5. The van der Waals surface area contributed by atoms with Gasteiger partial charge in [-0.2, -0.15) is 13.2 Å². The van der Waals surface area contributed by atoms with Crippen molar-refractivity contribution in [1.82, 2.24) is 10.3 Å². The van der Waals surface area contributed by atoms with Crippen molar-refractivity contribution in [2.75, 3.05) is 0 Å². The Morgan fingerprint density at radius 2 is 1.90 bits per heavy atom. The maximum atomic E-state index is 12.2. The van der Waals surface area contributed by atoms with Crippen LogP contribution in [0.5, 0.6) is 0 Å². The van der Waals surface area contributed by atoms with Gasteiger partial charge in [0.15, 0.2) is 0 Å². The van der Waals surface area contributed by atoms with Gasteiger partial charge >= 0.3 is 5.51 Å². The van der Waals surface area contributed by atoms with E-state index in [2.05, 4.69) is 10.3 Å². The van der Waals surface area contributed by atoms with Crippen LogP contribution in [-0.4, -0.2) is 16.4 Å². The van der Waals surface area contributed by atoms with E-state index in [1.807, 2.05) is 6.07 Å². The minimum Gasteiger partial charge on any atom is -0.348 e. The summed E-state index contributed by atoms with van der Waals surface area (Å²) in [6, 6.07) is 8.86. The lowest BCUT2D eigenvalue weighted by Gasteiger charge is -2.07. The Bertz CT molecular complexity index is 600. The summed E-state index contributed by atoms with van der Waals surface area (Å²) in [6.45, 7) is 0.311. The lowest BCUT2D eigenvalue weighted by molar-refractivity contribution is -0.0328. The zero-order valence-electron chi connectivity index (χ0n) is 10.7. The quantitative estimate of drug-likeness (QED) is 0.877. The molecule has 0 aliphatic carbocycles. The fourth-order valence-corrected chi connectivity index (χ4v) is 2.13. The number of pyridine rings is 1. The first-order valence-electron chi connectivity index (χ1n) is 5.97. The number of hydrogen-bond acceptors (Lipinski definition) is 3. The van der Waals surface area contributed by atoms with E-state index in [1.54, 1.807) is 18.5 Å². The Morgan fingerprint density at radius 3 is 2.48 bits per heavy atom. The Hall–Kier alpha value is -2.02. The molecule has 0 fully saturated rings. The maximum absolute atomic E-state index is 12.2. The van der Waals surface area contributed by atoms with Gasteiger partial charge < -0.3 is 5.32 Å². The highest BCUT2D eigenvalue weighted by Gasteiger charge is 2.29. The summed E-state index contributed by atoms with van der Waals surface area (Å²) in [6.07, 6.45) is 3.26. The molecule has 7 heteroatoms. The van der Waals surface area contributed by atoms with Gasteiger partial charge in [-0.1, -0.05) is 6.07 Å². The van der Waals surface area contributed by atoms with E-state index in [0.29, 0.717) is 12.1 Å². The molecule has 0 bridgehead atoms. The van der Waals surface area contributed by atoms with Crippen LogP contribution in [0, 0.1) is 0 Å². The van der Waals surface area contributed by atoms with Gasteiger partial charge in [-0.05, 0) is 47.7 Å². The SMILES string of the molecule is O=C(NCc1cccnc1)c1ccc(SC(F)(F)F)cc1. The van der Waals surface area contributed by atoms with Crippen molar-refractivity contribution in [3.63, 3.8) is 0 Å². The molecule has 0 atom stereocenters. The van der Waals surface area contributed by atoms with Crippen molar-refractivity contribution in [3.8, 4) is 0 Å². The second-order valence-electron chi connectivity index (χ2n) is 4.12. The highest BCUT2D eigenvalue weighted by Crippen LogP contribution is 2.36. The number of carbonyl (C=O) groups excluding carboxylic acids is 1. The Balaban J connectivity index is 1.94. The van der Waals surface area contributed by atoms with Gasteiger partial charge in [0.05, 0.1) is 0 Å². The summed E-state index contributed by atoms with van der Waals surface area (Å²) >= 11 is -0.209. The molecule has 21 heavy (non-hydrogen) atoms. The van der Waals surface area contributed by atoms with Crippen LogP contribution in [0.25, 0.3) is 0 Å². The average Bonchev–Trinajstić information content (AvgIpc) is 2.45. The average molecular weight is 312 g/mol. The van der Waals surface area contributed by atoms with Crippen LogP contribution in [0.4, 0.5) is 13.2 Å². The molecule has 1 aromatic heterocycles. The number of nitrogens with one attached hydrogen (secondary N) is 1. The van der Waals surface area contributed by atoms with E-state index in [4.69, 9.17) is 0 Å². The summed E-state index contributed by atoms with van der Waals surface area (Å²) < 4.78 is 36.6. The van der Waals surface area contributed by atoms with Gasteiger partial charge in [0.2, 0.25) is 0 Å². The van der Waals surface area contributed by atoms with Crippen LogP contribution >= 0.6 is 11.8 Å². The molecule has 1 aromatic carbocycles. The number of benzene rings is 1. The van der Waals surface area contributed by atoms with Crippen molar-refractivity contribution in [2.24, 2.45) is 0 Å². The molecule has 0 aliphatic heterocycles. The van der Waals surface area contributed by atoms with Crippen LogP contribution in [0.2, 0.25) is 0 Å². The maximum Gasteiger partial charge on any atom is 0.446 e. The van der Waals surface area contributed by atoms with Gasteiger partial charge in [0, 0.05) is 29.4 Å². The first-order valence-corrected chi connectivity index (χ1v) is 6.78. The van der Waals surface area contributed by atoms with Crippen LogP contribution in [0.15, 0.2) is 53.7 Å². The predicted molar refractivity (Wildman–Crippen MR) is 73.8 cm³/mol. The summed E-state index contributed by atoms with van der Waals surface area (Å²) in [5.41, 5.74) is -3.18. The van der Waals surface area contributed by atoms with Crippen molar-refractivity contribution < 1.29 is 18.0 Å². The standard InChI is InChI=1S/C14H11F3N2OS/c15-14(16,17)21-12-5-3-11(4-6-12)13(20)19-9-10-2-1-7-18-8-10/h1-8H,9H2,(H,19,20). The molecule has 3 nitrogen and oxygen atoms in total. The molecule has 0 spiro atoms. The van der Waals surface area contributed by atoms with Gasteiger partial charge in [0.1, 0.15) is 0 Å². The molecular formula is C14H11F3N2OS. The molecule has 0 unspecified atom stereocenters. The fourth-order valence-electron chi connectivity index (χ4n) is 1.60. The number of nitrogens with zero attached hydrogens (tertiary/aromatic N) is 1. The van der Waals surface area contributed by atoms with E-state index in [1.165, 1.54) is 24.3 Å². The first-order chi connectivity index (χ1) is 9.94. The number of amides is 1. The van der Waals surface area contributed by atoms with Gasteiger partial charge in [-0.15, -0.1) is 0 Å². The molecule has 0 saturated carbocycles. The van der Waals surface area contributed by atoms with Crippen molar-refractivity contribution >= 4 is 17.7 Å². The third kappa shape index (κ3) is 5.11. The Morgan fingerprint density at radius 1 is 1.19 bits per heavy atom. The number of rotatable bonds is 4. The fraction of sp³-hybridized carbons (Fsp3) is 0.143. The summed E-state index contributed by atoms with van der Waals surface area (Å²) in [5.74, 6) is -0.345. The molecule has 0 saturated heterocycles. The largest absolute Gasteiger partial charge is 0.446 e. The van der Waals surface area contributed by atoms with Crippen LogP contribution < -0.4 is 5.32 Å². The lowest BCUT2D eigenvalue weighted by atomic mass is 10.2. The summed E-state index contributed by atoms with van der Waals surface area (Å²) in [5, 5.41) is 2.67. The van der Waals surface area contributed by atoms with Crippen LogP contribution in [-0.2, 0) is 6.54 Å². The monoisotopic (exact) mass is 312 g/mol. The third-order valence-corrected chi connectivity index (χ3v) is 3.27. The third-order valence-electron chi connectivity index (χ3n) is 2.53. The Kier molecular flexibility index (Phi) is 4.85. The van der Waals surface area contributed by atoms with Crippen LogP contribution in [0.3, 0.4) is 0 Å². The molecule has 0 radical (unpaired) electrons. The topological polar surface area (TPSA) is 42.0 Å². The van der Waals surface area contributed by atoms with Crippen molar-refractivity contribution in [3.05, 3.63) is 59.9 Å². The smallest absolute Gasteiger partial charge is 0.348 e. The van der Waals surface area contributed by atoms with Crippen molar-refractivity contribution in [1.29, 1.82) is 0 Å². The van der Waals surface area contributed by atoms with E-state index < -0.39 is 5.51 Å². The molecule has 110 valence electrons. The molecular weight excluding hydrogens is 301 g/mol. The summed E-state index contributed by atoms with van der Waals surface area (Å²) in [4.78, 5) is 15.8. The van der Waals surface area contributed by atoms with Gasteiger partial charge in [0.25, 0.3) is 5.91 Å². The lowest BCUT2D eigenvalue weighted by Crippen LogP contribution is -2.22.